The van der Waals surface area contributed by atoms with Gasteiger partial charge < -0.3 is 0 Å². The number of hydrogen-bond donors (Lipinski definition) is 0. The van der Waals surface area contributed by atoms with Crippen LogP contribution in [0.2, 0.25) is 0 Å². The lowest BCUT2D eigenvalue weighted by molar-refractivity contribution is 0.528. The molecule has 2 radical (unpaired) electrons. The first-order valence-corrected chi connectivity index (χ1v) is 13.1. The molecule has 0 fully saturated rings. The lowest BCUT2D eigenvalue weighted by Gasteiger charge is -2.03. The molecule has 0 N–H and O–H groups in total. The zero-order valence-electron chi connectivity index (χ0n) is 19.5. The van der Waals surface area contributed by atoms with E-state index in [9.17, 15) is 0 Å². The molecule has 166 valence electrons. The molecule has 0 amide bonds. The second-order valence-electron chi connectivity index (χ2n) is 8.83. The molecule has 0 atom stereocenters. The lowest BCUT2D eigenvalue weighted by Crippen LogP contribution is -1.83. The predicted octanol–water partition coefficient (Wildman–Crippen LogP) is 10.6. The molecular formula is C28H54. The Morgan fingerprint density at radius 1 is 0.286 bits per heavy atom. The van der Waals surface area contributed by atoms with E-state index >= 15 is 0 Å². The first kappa shape index (κ1) is 27.7. The minimum atomic E-state index is 1.10. The van der Waals surface area contributed by atoms with E-state index in [0.717, 1.165) is 12.8 Å². The van der Waals surface area contributed by atoms with Crippen molar-refractivity contribution in [2.45, 2.75) is 154 Å². The highest BCUT2D eigenvalue weighted by molar-refractivity contribution is 4.81. The summed E-state index contributed by atoms with van der Waals surface area (Å²) in [5.74, 6) is 0. The molecule has 0 saturated heterocycles. The summed E-state index contributed by atoms with van der Waals surface area (Å²) in [6.45, 7) is 7.81. The summed E-state index contributed by atoms with van der Waals surface area (Å²) in [6.07, 6.45) is 38.2. The van der Waals surface area contributed by atoms with Gasteiger partial charge in [-0.05, 0) is 25.7 Å². The molecule has 0 aliphatic rings. The third-order valence-electron chi connectivity index (χ3n) is 5.91. The Labute approximate surface area is 180 Å². The van der Waals surface area contributed by atoms with Gasteiger partial charge in [0.25, 0.3) is 0 Å². The summed E-state index contributed by atoms with van der Waals surface area (Å²) >= 11 is 0. The number of rotatable bonds is 24. The predicted molar refractivity (Wildman–Crippen MR) is 131 cm³/mol. The smallest absolute Gasteiger partial charge is 0.0351 e. The van der Waals surface area contributed by atoms with Gasteiger partial charge in [0.05, 0.1) is 0 Å². The van der Waals surface area contributed by atoms with Crippen molar-refractivity contribution in [1.29, 1.82) is 0 Å². The van der Waals surface area contributed by atoms with E-state index in [1.807, 2.05) is 0 Å². The molecule has 0 saturated carbocycles. The van der Waals surface area contributed by atoms with E-state index in [2.05, 4.69) is 26.0 Å². The van der Waals surface area contributed by atoms with Crippen LogP contribution >= 0.6 is 0 Å². The Bertz CT molecular complexity index is 278. The highest BCUT2D eigenvalue weighted by atomic mass is 14.0. The zero-order valence-corrected chi connectivity index (χ0v) is 19.5. The van der Waals surface area contributed by atoms with Crippen LogP contribution in [0, 0.1) is 13.8 Å². The minimum Gasteiger partial charge on any atom is -0.0885 e. The van der Waals surface area contributed by atoms with Crippen LogP contribution in [-0.4, -0.2) is 0 Å². The van der Waals surface area contributed by atoms with Crippen LogP contribution in [0.25, 0.3) is 0 Å². The topological polar surface area (TPSA) is 0 Å². The molecule has 28 heavy (non-hydrogen) atoms. The van der Waals surface area contributed by atoms with Gasteiger partial charge in [-0.2, -0.15) is 0 Å². The molecule has 0 aromatic rings. The van der Waals surface area contributed by atoms with Crippen LogP contribution in [-0.2, 0) is 0 Å². The van der Waals surface area contributed by atoms with Crippen molar-refractivity contribution in [2.75, 3.05) is 0 Å². The van der Waals surface area contributed by atoms with Crippen molar-refractivity contribution in [3.05, 3.63) is 26.0 Å². The first-order chi connectivity index (χ1) is 13.9. The standard InChI is InChI=1S/C28H54/c1-3-5-7-9-11-13-15-17-19-21-23-25-27-28-26-24-22-20-18-16-14-12-10-8-6-4-2/h15,17H,1-14,16,18-28H2/b17-15+. The number of hydrogen-bond acceptors (Lipinski definition) is 0. The van der Waals surface area contributed by atoms with Crippen LogP contribution in [0.4, 0.5) is 0 Å². The third kappa shape index (κ3) is 25.7. The zero-order chi connectivity index (χ0) is 20.4. The first-order valence-electron chi connectivity index (χ1n) is 13.1. The quantitative estimate of drug-likeness (QED) is 0.113. The van der Waals surface area contributed by atoms with Crippen molar-refractivity contribution >= 4 is 0 Å². The maximum absolute atomic E-state index is 3.91. The fraction of sp³-hybridized carbons (Fsp3) is 0.857. The number of allylic oxidation sites excluding steroid dienone is 2. The average molecular weight is 391 g/mol. The van der Waals surface area contributed by atoms with Gasteiger partial charge in [0.15, 0.2) is 0 Å². The summed E-state index contributed by atoms with van der Waals surface area (Å²) in [4.78, 5) is 0. The molecule has 0 rings (SSSR count). The molecule has 0 heterocycles. The molecule has 0 bridgehead atoms. The average Bonchev–Trinajstić information content (AvgIpc) is 2.71. The fourth-order valence-corrected chi connectivity index (χ4v) is 3.94. The Morgan fingerprint density at radius 2 is 0.500 bits per heavy atom. The molecule has 0 aliphatic heterocycles. The maximum Gasteiger partial charge on any atom is -0.0351 e. The van der Waals surface area contributed by atoms with E-state index in [-0.39, 0.29) is 0 Å². The van der Waals surface area contributed by atoms with Gasteiger partial charge in [-0.15, -0.1) is 0 Å². The summed E-state index contributed by atoms with van der Waals surface area (Å²) < 4.78 is 0. The Kier molecular flexibility index (Phi) is 26.5. The van der Waals surface area contributed by atoms with Crippen LogP contribution in [0.1, 0.15) is 154 Å². The summed E-state index contributed by atoms with van der Waals surface area (Å²) in [7, 11) is 0. The van der Waals surface area contributed by atoms with E-state index in [1.165, 1.54) is 141 Å². The third-order valence-corrected chi connectivity index (χ3v) is 5.91. The van der Waals surface area contributed by atoms with E-state index in [1.54, 1.807) is 0 Å². The summed E-state index contributed by atoms with van der Waals surface area (Å²) in [5.41, 5.74) is 0. The Morgan fingerprint density at radius 3 is 0.750 bits per heavy atom. The Balaban J connectivity index is 3.03. The van der Waals surface area contributed by atoms with Gasteiger partial charge in [-0.1, -0.05) is 154 Å². The second kappa shape index (κ2) is 26.7. The molecule has 0 nitrogen and oxygen atoms in total. The van der Waals surface area contributed by atoms with Crippen molar-refractivity contribution in [3.8, 4) is 0 Å². The molecular weight excluding hydrogens is 336 g/mol. The minimum absolute atomic E-state index is 1.10. The fourth-order valence-electron chi connectivity index (χ4n) is 3.94. The molecule has 0 unspecified atom stereocenters. The van der Waals surface area contributed by atoms with Crippen LogP contribution in [0.15, 0.2) is 12.2 Å². The normalized spacial score (nSPS) is 11.6. The molecule has 0 spiro atoms. The van der Waals surface area contributed by atoms with Crippen molar-refractivity contribution in [3.63, 3.8) is 0 Å². The van der Waals surface area contributed by atoms with E-state index < -0.39 is 0 Å². The van der Waals surface area contributed by atoms with Gasteiger partial charge in [0.2, 0.25) is 0 Å². The lowest BCUT2D eigenvalue weighted by atomic mass is 10.0. The number of unbranched alkanes of at least 4 members (excludes halogenated alkanes) is 22. The van der Waals surface area contributed by atoms with Crippen molar-refractivity contribution in [2.24, 2.45) is 0 Å². The highest BCUT2D eigenvalue weighted by Gasteiger charge is 1.94. The van der Waals surface area contributed by atoms with Gasteiger partial charge in [0.1, 0.15) is 0 Å². The van der Waals surface area contributed by atoms with Crippen molar-refractivity contribution in [1.82, 2.24) is 0 Å². The largest absolute Gasteiger partial charge is 0.0885 e. The van der Waals surface area contributed by atoms with Crippen LogP contribution < -0.4 is 0 Å². The molecule has 0 heteroatoms. The van der Waals surface area contributed by atoms with Gasteiger partial charge in [-0.25, -0.2) is 0 Å². The van der Waals surface area contributed by atoms with Gasteiger partial charge in [0, 0.05) is 0 Å². The van der Waals surface area contributed by atoms with E-state index in [4.69, 9.17) is 0 Å². The maximum atomic E-state index is 3.91. The highest BCUT2D eigenvalue weighted by Crippen LogP contribution is 2.14. The van der Waals surface area contributed by atoms with Crippen LogP contribution in [0.5, 0.6) is 0 Å². The van der Waals surface area contributed by atoms with Crippen molar-refractivity contribution < 1.29 is 0 Å². The van der Waals surface area contributed by atoms with Gasteiger partial charge in [-0.3, -0.25) is 0 Å². The van der Waals surface area contributed by atoms with Crippen LogP contribution in [0.3, 0.4) is 0 Å². The molecule has 0 aromatic heterocycles. The monoisotopic (exact) mass is 390 g/mol. The Hall–Kier alpha value is -0.260. The second-order valence-corrected chi connectivity index (χ2v) is 8.83. The molecule has 0 aromatic carbocycles. The van der Waals surface area contributed by atoms with Gasteiger partial charge >= 0.3 is 0 Å². The summed E-state index contributed by atoms with van der Waals surface area (Å²) in [5, 5.41) is 0. The summed E-state index contributed by atoms with van der Waals surface area (Å²) in [6, 6.07) is 0. The van der Waals surface area contributed by atoms with E-state index in [0.29, 0.717) is 0 Å². The SMILES string of the molecule is [CH2]CCCCCC/C=C/CCCCCCCCCCCCCCCCCC[CH2]. The molecule has 0 aliphatic carbocycles.